The Bertz CT molecular complexity index is 558. The molecular formula is C15H15Cl2NO2. The topological polar surface area (TPSA) is 30.5 Å². The molecule has 106 valence electrons. The maximum atomic E-state index is 6.06. The van der Waals surface area contributed by atoms with Crippen LogP contribution < -0.4 is 14.8 Å². The Morgan fingerprint density at radius 1 is 1.00 bits per heavy atom. The van der Waals surface area contributed by atoms with Crippen molar-refractivity contribution >= 4 is 28.9 Å². The molecule has 5 heteroatoms. The standard InChI is InChI=1S/C15H15Cl2NO2/c1-19-12-3-5-13(6-4-12)20-9-8-18-15-7-2-11(16)10-14(15)17/h2-7,10,18H,8-9H2,1H3. The maximum absolute atomic E-state index is 6.06. The first-order chi connectivity index (χ1) is 9.69. The van der Waals surface area contributed by atoms with Crippen molar-refractivity contribution in [2.45, 2.75) is 0 Å². The summed E-state index contributed by atoms with van der Waals surface area (Å²) in [6, 6.07) is 12.8. The summed E-state index contributed by atoms with van der Waals surface area (Å²) in [6.45, 7) is 1.18. The third kappa shape index (κ3) is 4.22. The van der Waals surface area contributed by atoms with Crippen LogP contribution in [-0.2, 0) is 0 Å². The first-order valence-electron chi connectivity index (χ1n) is 6.15. The summed E-state index contributed by atoms with van der Waals surface area (Å²) in [6.07, 6.45) is 0. The lowest BCUT2D eigenvalue weighted by Crippen LogP contribution is -2.11. The van der Waals surface area contributed by atoms with Crippen LogP contribution in [0.15, 0.2) is 42.5 Å². The Labute approximate surface area is 128 Å². The smallest absolute Gasteiger partial charge is 0.119 e. The van der Waals surface area contributed by atoms with Crippen LogP contribution in [0.25, 0.3) is 0 Å². The molecule has 0 aliphatic heterocycles. The fourth-order valence-electron chi connectivity index (χ4n) is 1.66. The number of nitrogens with one attached hydrogen (secondary N) is 1. The summed E-state index contributed by atoms with van der Waals surface area (Å²) >= 11 is 11.9. The number of rotatable bonds is 6. The first kappa shape index (κ1) is 14.8. The molecule has 20 heavy (non-hydrogen) atoms. The van der Waals surface area contributed by atoms with Crippen LogP contribution in [0.4, 0.5) is 5.69 Å². The lowest BCUT2D eigenvalue weighted by molar-refractivity contribution is 0.332. The molecule has 0 atom stereocenters. The molecule has 0 spiro atoms. The van der Waals surface area contributed by atoms with E-state index in [1.807, 2.05) is 30.3 Å². The van der Waals surface area contributed by atoms with Gasteiger partial charge in [0.1, 0.15) is 18.1 Å². The van der Waals surface area contributed by atoms with Crippen molar-refractivity contribution in [2.75, 3.05) is 25.6 Å². The van der Waals surface area contributed by atoms with Gasteiger partial charge in [0.25, 0.3) is 0 Å². The zero-order valence-electron chi connectivity index (χ0n) is 11.0. The van der Waals surface area contributed by atoms with Gasteiger partial charge in [-0.3, -0.25) is 0 Å². The number of methoxy groups -OCH3 is 1. The van der Waals surface area contributed by atoms with E-state index in [1.54, 1.807) is 19.2 Å². The van der Waals surface area contributed by atoms with Gasteiger partial charge in [-0.1, -0.05) is 23.2 Å². The first-order valence-corrected chi connectivity index (χ1v) is 6.90. The molecule has 2 aromatic carbocycles. The van der Waals surface area contributed by atoms with Crippen LogP contribution >= 0.6 is 23.2 Å². The molecular weight excluding hydrogens is 297 g/mol. The van der Waals surface area contributed by atoms with E-state index in [0.717, 1.165) is 17.2 Å². The van der Waals surface area contributed by atoms with Crippen LogP contribution in [0, 0.1) is 0 Å². The van der Waals surface area contributed by atoms with Crippen molar-refractivity contribution in [3.05, 3.63) is 52.5 Å². The van der Waals surface area contributed by atoms with Gasteiger partial charge in [0, 0.05) is 11.6 Å². The molecule has 2 aromatic rings. The van der Waals surface area contributed by atoms with Gasteiger partial charge in [0.05, 0.1) is 17.8 Å². The van der Waals surface area contributed by atoms with Gasteiger partial charge in [-0.25, -0.2) is 0 Å². The highest BCUT2D eigenvalue weighted by Crippen LogP contribution is 2.25. The number of ether oxygens (including phenoxy) is 2. The van der Waals surface area contributed by atoms with Crippen LogP contribution in [0.5, 0.6) is 11.5 Å². The second-order valence-corrected chi connectivity index (χ2v) is 4.92. The van der Waals surface area contributed by atoms with E-state index in [-0.39, 0.29) is 0 Å². The SMILES string of the molecule is COc1ccc(OCCNc2ccc(Cl)cc2Cl)cc1. The fourth-order valence-corrected chi connectivity index (χ4v) is 2.13. The third-order valence-electron chi connectivity index (χ3n) is 2.68. The van der Waals surface area contributed by atoms with Crippen molar-refractivity contribution < 1.29 is 9.47 Å². The predicted octanol–water partition coefficient (Wildman–Crippen LogP) is 4.49. The summed E-state index contributed by atoms with van der Waals surface area (Å²) in [4.78, 5) is 0. The fraction of sp³-hybridized carbons (Fsp3) is 0.200. The van der Waals surface area contributed by atoms with E-state index in [1.165, 1.54) is 0 Å². The Morgan fingerprint density at radius 3 is 2.35 bits per heavy atom. The number of benzene rings is 2. The summed E-state index contributed by atoms with van der Waals surface area (Å²) in [5, 5.41) is 4.41. The van der Waals surface area contributed by atoms with Crippen LogP contribution in [0.3, 0.4) is 0 Å². The van der Waals surface area contributed by atoms with E-state index < -0.39 is 0 Å². The summed E-state index contributed by atoms with van der Waals surface area (Å²) < 4.78 is 10.7. The maximum Gasteiger partial charge on any atom is 0.119 e. The van der Waals surface area contributed by atoms with Gasteiger partial charge in [0.15, 0.2) is 0 Å². The van der Waals surface area contributed by atoms with Gasteiger partial charge >= 0.3 is 0 Å². The van der Waals surface area contributed by atoms with Crippen LogP contribution in [0.2, 0.25) is 10.0 Å². The number of anilines is 1. The van der Waals surface area contributed by atoms with Crippen LogP contribution in [0.1, 0.15) is 0 Å². The molecule has 0 saturated heterocycles. The monoisotopic (exact) mass is 311 g/mol. The summed E-state index contributed by atoms with van der Waals surface area (Å²) in [5.74, 6) is 1.61. The molecule has 0 heterocycles. The predicted molar refractivity (Wildman–Crippen MR) is 83.4 cm³/mol. The minimum absolute atomic E-state index is 0.533. The third-order valence-corrected chi connectivity index (χ3v) is 3.22. The Morgan fingerprint density at radius 2 is 1.70 bits per heavy atom. The normalized spacial score (nSPS) is 10.2. The average Bonchev–Trinajstić information content (AvgIpc) is 2.46. The highest BCUT2D eigenvalue weighted by Gasteiger charge is 2.00. The molecule has 2 rings (SSSR count). The zero-order valence-corrected chi connectivity index (χ0v) is 12.5. The molecule has 0 saturated carbocycles. The second-order valence-electron chi connectivity index (χ2n) is 4.07. The largest absolute Gasteiger partial charge is 0.497 e. The minimum Gasteiger partial charge on any atom is -0.497 e. The van der Waals surface area contributed by atoms with E-state index >= 15 is 0 Å². The van der Waals surface area contributed by atoms with Crippen molar-refractivity contribution in [3.8, 4) is 11.5 Å². The zero-order chi connectivity index (χ0) is 14.4. The number of hydrogen-bond donors (Lipinski definition) is 1. The number of halogens is 2. The molecule has 0 aromatic heterocycles. The molecule has 0 unspecified atom stereocenters. The Hall–Kier alpha value is -1.58. The Kier molecular flexibility index (Phi) is 5.39. The van der Waals surface area contributed by atoms with Crippen molar-refractivity contribution in [1.82, 2.24) is 0 Å². The quantitative estimate of drug-likeness (QED) is 0.797. The van der Waals surface area contributed by atoms with Crippen molar-refractivity contribution in [3.63, 3.8) is 0 Å². The second kappa shape index (κ2) is 7.27. The minimum atomic E-state index is 0.533. The molecule has 0 aliphatic rings. The molecule has 0 radical (unpaired) electrons. The highest BCUT2D eigenvalue weighted by atomic mass is 35.5. The molecule has 0 aliphatic carbocycles. The molecule has 0 amide bonds. The van der Waals surface area contributed by atoms with E-state index in [0.29, 0.717) is 23.2 Å². The molecule has 1 N–H and O–H groups in total. The van der Waals surface area contributed by atoms with Crippen molar-refractivity contribution in [2.24, 2.45) is 0 Å². The summed E-state index contributed by atoms with van der Waals surface area (Å²) in [5.41, 5.74) is 0.842. The van der Waals surface area contributed by atoms with Crippen molar-refractivity contribution in [1.29, 1.82) is 0 Å². The average molecular weight is 312 g/mol. The summed E-state index contributed by atoms with van der Waals surface area (Å²) in [7, 11) is 1.63. The van der Waals surface area contributed by atoms with E-state index in [2.05, 4.69) is 5.32 Å². The molecule has 0 bridgehead atoms. The Balaban J connectivity index is 1.78. The van der Waals surface area contributed by atoms with Gasteiger partial charge in [-0.2, -0.15) is 0 Å². The van der Waals surface area contributed by atoms with E-state index in [9.17, 15) is 0 Å². The number of hydrogen-bond acceptors (Lipinski definition) is 3. The van der Waals surface area contributed by atoms with Gasteiger partial charge < -0.3 is 14.8 Å². The highest BCUT2D eigenvalue weighted by molar-refractivity contribution is 6.36. The van der Waals surface area contributed by atoms with Gasteiger partial charge in [0.2, 0.25) is 0 Å². The lowest BCUT2D eigenvalue weighted by Gasteiger charge is -2.10. The van der Waals surface area contributed by atoms with Gasteiger partial charge in [-0.05, 0) is 42.5 Å². The van der Waals surface area contributed by atoms with E-state index in [4.69, 9.17) is 32.7 Å². The lowest BCUT2D eigenvalue weighted by atomic mass is 10.3. The van der Waals surface area contributed by atoms with Crippen LogP contribution in [-0.4, -0.2) is 20.3 Å². The van der Waals surface area contributed by atoms with Gasteiger partial charge in [-0.15, -0.1) is 0 Å². The molecule has 0 fully saturated rings. The molecule has 3 nitrogen and oxygen atoms in total.